The minimum atomic E-state index is -4.64. The molecule has 1 aromatic heterocycles. The summed E-state index contributed by atoms with van der Waals surface area (Å²) in [7, 11) is -4.64. The molecule has 8 nitrogen and oxygen atoms in total. The van der Waals surface area contributed by atoms with E-state index in [1.807, 2.05) is 30.5 Å². The van der Waals surface area contributed by atoms with Crippen LogP contribution in [0.3, 0.4) is 0 Å². The summed E-state index contributed by atoms with van der Waals surface area (Å²) in [6, 6.07) is 6.91. The molecule has 0 amide bonds. The van der Waals surface area contributed by atoms with E-state index in [0.29, 0.717) is 6.42 Å². The predicted molar refractivity (Wildman–Crippen MR) is 71.9 cm³/mol. The maximum absolute atomic E-state index is 10.6. The van der Waals surface area contributed by atoms with Gasteiger partial charge in [0.25, 0.3) is 0 Å². The van der Waals surface area contributed by atoms with Gasteiger partial charge in [0.2, 0.25) is 0 Å². The largest absolute Gasteiger partial charge is 0.480 e. The van der Waals surface area contributed by atoms with E-state index < -0.39 is 19.8 Å². The minimum Gasteiger partial charge on any atom is -0.480 e. The van der Waals surface area contributed by atoms with E-state index in [2.05, 4.69) is 4.98 Å². The molecule has 0 radical (unpaired) electrons. The Balaban J connectivity index is 0.000000347. The van der Waals surface area contributed by atoms with Crippen LogP contribution >= 0.6 is 7.82 Å². The number of nitrogens with two attached hydrogens (primary N) is 1. The number of fused-ring (bicyclic) bond motifs is 1. The molecule has 1 atom stereocenters. The van der Waals surface area contributed by atoms with E-state index in [0.717, 1.165) is 16.5 Å². The van der Waals surface area contributed by atoms with E-state index in [1.165, 1.54) is 0 Å². The zero-order valence-electron chi connectivity index (χ0n) is 10.3. The molecule has 9 heteroatoms. The molecule has 0 fully saturated rings. The lowest BCUT2D eigenvalue weighted by atomic mass is 10.1. The highest BCUT2D eigenvalue weighted by molar-refractivity contribution is 7.45. The van der Waals surface area contributed by atoms with Crippen molar-refractivity contribution < 1.29 is 29.1 Å². The van der Waals surface area contributed by atoms with Gasteiger partial charge >= 0.3 is 13.8 Å². The van der Waals surface area contributed by atoms with Crippen LogP contribution in [0.4, 0.5) is 0 Å². The van der Waals surface area contributed by atoms with Crippen molar-refractivity contribution in [3.63, 3.8) is 0 Å². The van der Waals surface area contributed by atoms with Crippen LogP contribution in [-0.4, -0.2) is 36.8 Å². The van der Waals surface area contributed by atoms with Crippen molar-refractivity contribution in [2.75, 3.05) is 0 Å². The third kappa shape index (κ3) is 5.52. The zero-order valence-corrected chi connectivity index (χ0v) is 11.2. The Morgan fingerprint density at radius 1 is 1.30 bits per heavy atom. The van der Waals surface area contributed by atoms with Gasteiger partial charge in [-0.3, -0.25) is 4.79 Å². The van der Waals surface area contributed by atoms with Gasteiger partial charge in [0.15, 0.2) is 0 Å². The summed E-state index contributed by atoms with van der Waals surface area (Å²) in [5, 5.41) is 9.75. The number of carbonyl (C=O) groups is 1. The van der Waals surface area contributed by atoms with E-state index in [1.54, 1.807) is 0 Å². The number of hydrogen-bond acceptors (Lipinski definition) is 3. The van der Waals surface area contributed by atoms with Crippen LogP contribution in [0, 0.1) is 0 Å². The molecule has 0 bridgehead atoms. The number of carboxylic acid groups (broad SMARTS) is 1. The lowest BCUT2D eigenvalue weighted by molar-refractivity contribution is -0.138. The molecule has 2 aromatic rings. The van der Waals surface area contributed by atoms with Gasteiger partial charge in [0, 0.05) is 23.5 Å². The van der Waals surface area contributed by atoms with Crippen LogP contribution in [0.15, 0.2) is 30.5 Å². The third-order valence-corrected chi connectivity index (χ3v) is 2.43. The number of aromatic amines is 1. The number of nitrogens with one attached hydrogen (secondary N) is 1. The van der Waals surface area contributed by atoms with E-state index in [9.17, 15) is 4.79 Å². The number of para-hydroxylation sites is 1. The highest BCUT2D eigenvalue weighted by atomic mass is 31.2. The van der Waals surface area contributed by atoms with Crippen LogP contribution in [0.25, 0.3) is 10.9 Å². The minimum absolute atomic E-state index is 0.347. The summed E-state index contributed by atoms with van der Waals surface area (Å²) >= 11 is 0. The molecular formula is C11H15N2O6P. The average molecular weight is 302 g/mol. The first-order chi connectivity index (χ1) is 9.18. The normalized spacial score (nSPS) is 12.6. The second kappa shape index (κ2) is 6.65. The zero-order chi connectivity index (χ0) is 15.3. The van der Waals surface area contributed by atoms with Crippen molar-refractivity contribution in [2.45, 2.75) is 12.5 Å². The average Bonchev–Trinajstić information content (AvgIpc) is 2.70. The van der Waals surface area contributed by atoms with E-state index >= 15 is 0 Å². The molecule has 0 saturated heterocycles. The molecule has 1 heterocycles. The fraction of sp³-hybridized carbons (Fsp3) is 0.182. The second-order valence-corrected chi connectivity index (χ2v) is 5.05. The van der Waals surface area contributed by atoms with E-state index in [4.69, 9.17) is 30.1 Å². The van der Waals surface area contributed by atoms with Crippen molar-refractivity contribution >= 4 is 24.7 Å². The standard InChI is InChI=1S/C11H12N2O2.H3O4P/c12-9(11(14)15)5-7-6-13-10-4-2-1-3-8(7)10;1-5(2,3)4/h1-4,6,9,13H,5,12H2,(H,14,15);(H3,1,2,3,4). The van der Waals surface area contributed by atoms with Crippen LogP contribution in [-0.2, 0) is 15.8 Å². The summed E-state index contributed by atoms with van der Waals surface area (Å²) in [5.41, 5.74) is 7.43. The Labute approximate surface area is 114 Å². The Bertz CT molecular complexity index is 626. The number of H-pyrrole nitrogens is 1. The lowest BCUT2D eigenvalue weighted by Crippen LogP contribution is -2.32. The molecule has 20 heavy (non-hydrogen) atoms. The Morgan fingerprint density at radius 3 is 2.40 bits per heavy atom. The lowest BCUT2D eigenvalue weighted by Gasteiger charge is -2.04. The van der Waals surface area contributed by atoms with Gasteiger partial charge in [-0.1, -0.05) is 18.2 Å². The molecule has 0 aliphatic carbocycles. The number of rotatable bonds is 3. The molecule has 1 unspecified atom stereocenters. The van der Waals surface area contributed by atoms with Gasteiger partial charge in [0.05, 0.1) is 0 Å². The smallest absolute Gasteiger partial charge is 0.466 e. The topological polar surface area (TPSA) is 157 Å². The number of hydrogen-bond donors (Lipinski definition) is 6. The van der Waals surface area contributed by atoms with Gasteiger partial charge in [-0.2, -0.15) is 0 Å². The summed E-state index contributed by atoms with van der Waals surface area (Å²) in [6.07, 6.45) is 2.16. The third-order valence-electron chi connectivity index (χ3n) is 2.43. The number of phosphoric acid groups is 1. The fourth-order valence-electron chi connectivity index (χ4n) is 1.62. The van der Waals surface area contributed by atoms with Crippen LogP contribution in [0.5, 0.6) is 0 Å². The Kier molecular flexibility index (Phi) is 5.43. The van der Waals surface area contributed by atoms with Crippen molar-refractivity contribution in [1.29, 1.82) is 0 Å². The monoisotopic (exact) mass is 302 g/mol. The molecule has 0 aliphatic heterocycles. The van der Waals surface area contributed by atoms with Crippen molar-refractivity contribution in [1.82, 2.24) is 4.98 Å². The summed E-state index contributed by atoms with van der Waals surface area (Å²) in [5.74, 6) is -0.972. The van der Waals surface area contributed by atoms with Crippen molar-refractivity contribution in [2.24, 2.45) is 5.73 Å². The summed E-state index contributed by atoms with van der Waals surface area (Å²) < 4.78 is 8.88. The van der Waals surface area contributed by atoms with Crippen molar-refractivity contribution in [3.05, 3.63) is 36.0 Å². The first-order valence-electron chi connectivity index (χ1n) is 5.50. The molecule has 7 N–H and O–H groups in total. The molecule has 0 aliphatic rings. The number of benzene rings is 1. The van der Waals surface area contributed by atoms with Gasteiger partial charge < -0.3 is 30.5 Å². The number of carboxylic acids is 1. The quantitative estimate of drug-likeness (QED) is 0.442. The molecule has 0 spiro atoms. The van der Waals surface area contributed by atoms with Gasteiger partial charge in [-0.05, 0) is 11.6 Å². The number of aliphatic carboxylic acids is 1. The highest BCUT2D eigenvalue weighted by Crippen LogP contribution is 2.25. The van der Waals surface area contributed by atoms with Gasteiger partial charge in [-0.25, -0.2) is 4.57 Å². The first-order valence-corrected chi connectivity index (χ1v) is 7.06. The molecule has 0 saturated carbocycles. The van der Waals surface area contributed by atoms with Gasteiger partial charge in [0.1, 0.15) is 6.04 Å². The van der Waals surface area contributed by atoms with Crippen molar-refractivity contribution in [3.8, 4) is 0 Å². The first kappa shape index (κ1) is 16.4. The summed E-state index contributed by atoms with van der Waals surface area (Å²) in [4.78, 5) is 35.3. The molecule has 110 valence electrons. The second-order valence-electron chi connectivity index (χ2n) is 4.02. The number of aromatic nitrogens is 1. The maximum Gasteiger partial charge on any atom is 0.466 e. The van der Waals surface area contributed by atoms with E-state index in [-0.39, 0.29) is 0 Å². The fourth-order valence-corrected chi connectivity index (χ4v) is 1.62. The summed E-state index contributed by atoms with van der Waals surface area (Å²) in [6.45, 7) is 0. The molecular weight excluding hydrogens is 287 g/mol. The predicted octanol–water partition coefficient (Wildman–Crippen LogP) is 0.194. The highest BCUT2D eigenvalue weighted by Gasteiger charge is 2.14. The molecule has 2 rings (SSSR count). The van der Waals surface area contributed by atoms with Crippen LogP contribution in [0.1, 0.15) is 5.56 Å². The SMILES string of the molecule is NC(Cc1c[nH]c2ccccc12)C(=O)O.O=P(O)(O)O. The maximum atomic E-state index is 10.6. The van der Waals surface area contributed by atoms with Gasteiger partial charge in [-0.15, -0.1) is 0 Å². The Hall–Kier alpha value is -1.70. The molecule has 1 aromatic carbocycles. The van der Waals surface area contributed by atoms with Crippen LogP contribution < -0.4 is 5.73 Å². The van der Waals surface area contributed by atoms with Crippen LogP contribution in [0.2, 0.25) is 0 Å². The Morgan fingerprint density at radius 2 is 1.85 bits per heavy atom.